The van der Waals surface area contributed by atoms with Gasteiger partial charge < -0.3 is 19.3 Å². The molecule has 0 saturated carbocycles. The zero-order chi connectivity index (χ0) is 22.8. The van der Waals surface area contributed by atoms with Gasteiger partial charge in [0.1, 0.15) is 17.6 Å². The molecular weight excluding hydrogens is 408 g/mol. The van der Waals surface area contributed by atoms with E-state index in [9.17, 15) is 9.59 Å². The highest BCUT2D eigenvalue weighted by Gasteiger charge is 2.28. The Kier molecular flexibility index (Phi) is 5.99. The number of aromatic nitrogens is 1. The highest BCUT2D eigenvalue weighted by Crippen LogP contribution is 2.41. The molecule has 1 aromatic heterocycles. The number of nitrogens with zero attached hydrogens (tertiary/aromatic N) is 1. The smallest absolute Gasteiger partial charge is 0.338 e. The van der Waals surface area contributed by atoms with Gasteiger partial charge in [-0.05, 0) is 49.6 Å². The molecule has 2 heterocycles. The van der Waals surface area contributed by atoms with Crippen molar-refractivity contribution < 1.29 is 23.6 Å². The summed E-state index contributed by atoms with van der Waals surface area (Å²) < 4.78 is 16.3. The predicted molar refractivity (Wildman–Crippen MR) is 119 cm³/mol. The number of nitrogens with one attached hydrogen (secondary N) is 1. The van der Waals surface area contributed by atoms with Crippen LogP contribution in [0.15, 0.2) is 40.9 Å². The minimum Gasteiger partial charge on any atom is -0.487 e. The number of ether oxygens (including phenoxy) is 2. The summed E-state index contributed by atoms with van der Waals surface area (Å²) in [5.74, 6) is 0.909. The van der Waals surface area contributed by atoms with Crippen molar-refractivity contribution >= 4 is 11.9 Å². The minimum atomic E-state index is -0.392. The highest BCUT2D eigenvalue weighted by molar-refractivity contribution is 5.98. The third-order valence-electron chi connectivity index (χ3n) is 5.71. The molecule has 166 valence electrons. The van der Waals surface area contributed by atoms with Gasteiger partial charge in [0.05, 0.1) is 31.3 Å². The third-order valence-corrected chi connectivity index (χ3v) is 5.71. The SMILES string of the molecule is COC(=O)c1ccccc1-c1cc(C)cc2c1O[C@@H](CNC(=O)Cc1c(C)noc1C)C2. The molecule has 1 atom stereocenters. The van der Waals surface area contributed by atoms with Gasteiger partial charge in [-0.15, -0.1) is 0 Å². The van der Waals surface area contributed by atoms with E-state index in [2.05, 4.69) is 16.5 Å². The van der Waals surface area contributed by atoms with Gasteiger partial charge in [0.25, 0.3) is 0 Å². The number of aryl methyl sites for hydroxylation is 3. The number of methoxy groups -OCH3 is 1. The maximum absolute atomic E-state index is 12.5. The Morgan fingerprint density at radius 1 is 1.16 bits per heavy atom. The van der Waals surface area contributed by atoms with Gasteiger partial charge in [0.15, 0.2) is 0 Å². The number of carbonyl (C=O) groups is 2. The van der Waals surface area contributed by atoms with Crippen molar-refractivity contribution in [3.05, 3.63) is 70.1 Å². The van der Waals surface area contributed by atoms with E-state index in [-0.39, 0.29) is 18.4 Å². The van der Waals surface area contributed by atoms with Crippen molar-refractivity contribution in [1.29, 1.82) is 0 Å². The van der Waals surface area contributed by atoms with E-state index in [0.29, 0.717) is 24.3 Å². The quantitative estimate of drug-likeness (QED) is 0.595. The molecule has 4 rings (SSSR count). The third kappa shape index (κ3) is 4.23. The first kappa shape index (κ1) is 21.6. The van der Waals surface area contributed by atoms with Crippen LogP contribution in [0.2, 0.25) is 0 Å². The van der Waals surface area contributed by atoms with Gasteiger partial charge in [-0.1, -0.05) is 29.4 Å². The fraction of sp³-hybridized carbons (Fsp3) is 0.320. The Bertz CT molecular complexity index is 1160. The summed E-state index contributed by atoms with van der Waals surface area (Å²) in [6, 6.07) is 11.4. The van der Waals surface area contributed by atoms with Gasteiger partial charge in [-0.2, -0.15) is 0 Å². The maximum atomic E-state index is 12.5. The molecule has 1 aliphatic heterocycles. The van der Waals surface area contributed by atoms with Crippen LogP contribution in [0.4, 0.5) is 0 Å². The molecule has 7 nitrogen and oxygen atoms in total. The number of esters is 1. The average molecular weight is 434 g/mol. The zero-order valence-corrected chi connectivity index (χ0v) is 18.7. The number of amides is 1. The van der Waals surface area contributed by atoms with Crippen LogP contribution in [0.1, 0.15) is 38.5 Å². The normalized spacial score (nSPS) is 14.6. The molecule has 1 N–H and O–H groups in total. The predicted octanol–water partition coefficient (Wildman–Crippen LogP) is 3.72. The van der Waals surface area contributed by atoms with Crippen molar-refractivity contribution in [3.8, 4) is 16.9 Å². The van der Waals surface area contributed by atoms with E-state index in [1.165, 1.54) is 7.11 Å². The van der Waals surface area contributed by atoms with Crippen molar-refractivity contribution in [3.63, 3.8) is 0 Å². The molecule has 1 amide bonds. The lowest BCUT2D eigenvalue weighted by molar-refractivity contribution is -0.120. The van der Waals surface area contributed by atoms with Crippen LogP contribution < -0.4 is 10.1 Å². The first-order valence-corrected chi connectivity index (χ1v) is 10.5. The highest BCUT2D eigenvalue weighted by atomic mass is 16.5. The number of carbonyl (C=O) groups excluding carboxylic acids is 2. The van der Waals surface area contributed by atoms with E-state index < -0.39 is 5.97 Å². The van der Waals surface area contributed by atoms with E-state index >= 15 is 0 Å². The van der Waals surface area contributed by atoms with Crippen molar-refractivity contribution in [1.82, 2.24) is 10.5 Å². The molecule has 0 aliphatic carbocycles. The summed E-state index contributed by atoms with van der Waals surface area (Å²) in [4.78, 5) is 24.7. The molecule has 3 aromatic rings. The van der Waals surface area contributed by atoms with E-state index in [1.54, 1.807) is 13.0 Å². The summed E-state index contributed by atoms with van der Waals surface area (Å²) in [5.41, 5.74) is 5.78. The fourth-order valence-electron chi connectivity index (χ4n) is 4.12. The molecule has 0 radical (unpaired) electrons. The van der Waals surface area contributed by atoms with E-state index in [1.807, 2.05) is 38.1 Å². The second-order valence-electron chi connectivity index (χ2n) is 8.07. The zero-order valence-electron chi connectivity index (χ0n) is 18.7. The Morgan fingerprint density at radius 3 is 2.66 bits per heavy atom. The van der Waals surface area contributed by atoms with Gasteiger partial charge in [-0.3, -0.25) is 4.79 Å². The van der Waals surface area contributed by atoms with Crippen molar-refractivity contribution in [2.24, 2.45) is 0 Å². The van der Waals surface area contributed by atoms with Crippen LogP contribution in [0.5, 0.6) is 5.75 Å². The first-order valence-electron chi connectivity index (χ1n) is 10.5. The molecule has 0 unspecified atom stereocenters. The molecule has 0 spiro atoms. The monoisotopic (exact) mass is 434 g/mol. The Hall–Kier alpha value is -3.61. The molecule has 32 heavy (non-hydrogen) atoms. The second kappa shape index (κ2) is 8.86. The molecule has 7 heteroatoms. The summed E-state index contributed by atoms with van der Waals surface area (Å²) in [7, 11) is 1.37. The number of hydrogen-bond donors (Lipinski definition) is 1. The standard InChI is InChI=1S/C25H26N2O5/c1-14-9-17-11-18(13-26-23(28)12-21-15(2)27-32-16(21)3)31-24(17)22(10-14)19-7-5-6-8-20(19)25(29)30-4/h5-10,18H,11-13H2,1-4H3,(H,26,28)/t18-/m1/s1. The number of fused-ring (bicyclic) bond motifs is 1. The van der Waals surface area contributed by atoms with Crippen LogP contribution >= 0.6 is 0 Å². The summed E-state index contributed by atoms with van der Waals surface area (Å²) in [6.07, 6.45) is 0.706. The van der Waals surface area contributed by atoms with Crippen LogP contribution in [-0.4, -0.2) is 36.8 Å². The Balaban J connectivity index is 1.51. The van der Waals surface area contributed by atoms with Crippen LogP contribution in [-0.2, 0) is 22.4 Å². The Morgan fingerprint density at radius 2 is 1.94 bits per heavy atom. The summed E-state index contributed by atoms with van der Waals surface area (Å²) in [5, 5.41) is 6.85. The molecule has 2 aromatic carbocycles. The molecule has 1 aliphatic rings. The topological polar surface area (TPSA) is 90.7 Å². The Labute approximate surface area is 186 Å². The first-order chi connectivity index (χ1) is 15.4. The van der Waals surface area contributed by atoms with Crippen LogP contribution in [0.3, 0.4) is 0 Å². The summed E-state index contributed by atoms with van der Waals surface area (Å²) in [6.45, 7) is 6.03. The second-order valence-corrected chi connectivity index (χ2v) is 8.07. The lowest BCUT2D eigenvalue weighted by atomic mass is 9.94. The van der Waals surface area contributed by atoms with Gasteiger partial charge in [0.2, 0.25) is 5.91 Å². The summed E-state index contributed by atoms with van der Waals surface area (Å²) >= 11 is 0. The average Bonchev–Trinajstić information content (AvgIpc) is 3.34. The lowest BCUT2D eigenvalue weighted by Gasteiger charge is -2.15. The molecule has 0 bridgehead atoms. The fourth-order valence-corrected chi connectivity index (χ4v) is 4.12. The van der Waals surface area contributed by atoms with Crippen molar-refractivity contribution in [2.75, 3.05) is 13.7 Å². The van der Waals surface area contributed by atoms with Gasteiger partial charge in [0, 0.05) is 17.5 Å². The van der Waals surface area contributed by atoms with E-state index in [0.717, 1.165) is 39.3 Å². The number of rotatable bonds is 6. The molecular formula is C25H26N2O5. The van der Waals surface area contributed by atoms with Crippen LogP contribution in [0.25, 0.3) is 11.1 Å². The van der Waals surface area contributed by atoms with Crippen molar-refractivity contribution in [2.45, 2.75) is 39.7 Å². The largest absolute Gasteiger partial charge is 0.487 e. The number of benzene rings is 2. The van der Waals surface area contributed by atoms with Gasteiger partial charge >= 0.3 is 5.97 Å². The van der Waals surface area contributed by atoms with E-state index in [4.69, 9.17) is 14.0 Å². The minimum absolute atomic E-state index is 0.105. The number of hydrogen-bond acceptors (Lipinski definition) is 6. The molecule has 0 fully saturated rings. The maximum Gasteiger partial charge on any atom is 0.338 e. The van der Waals surface area contributed by atoms with Crippen LogP contribution in [0, 0.1) is 20.8 Å². The van der Waals surface area contributed by atoms with Gasteiger partial charge in [-0.25, -0.2) is 4.79 Å². The lowest BCUT2D eigenvalue weighted by Crippen LogP contribution is -2.35. The molecule has 0 saturated heterocycles.